The highest BCUT2D eigenvalue weighted by molar-refractivity contribution is 6.31. The lowest BCUT2D eigenvalue weighted by Gasteiger charge is -2.26. The molecule has 1 aliphatic rings. The Kier molecular flexibility index (Phi) is 6.58. The molecule has 0 unspecified atom stereocenters. The Morgan fingerprint density at radius 1 is 0.971 bits per heavy atom. The van der Waals surface area contributed by atoms with Crippen LogP contribution in [0.1, 0.15) is 25.0 Å². The van der Waals surface area contributed by atoms with Gasteiger partial charge in [0.2, 0.25) is 5.91 Å². The van der Waals surface area contributed by atoms with Gasteiger partial charge in [-0.15, -0.1) is 0 Å². The number of para-hydroxylation sites is 1. The molecule has 8 heteroatoms. The van der Waals surface area contributed by atoms with E-state index in [1.54, 1.807) is 23.2 Å². The lowest BCUT2D eigenvalue weighted by molar-refractivity contribution is -0.132. The number of fused-ring (bicyclic) bond motifs is 1. The number of imide groups is 2. The predicted octanol–water partition coefficient (Wildman–Crippen LogP) is 3.17. The molecule has 1 N–H and O–H groups in total. The molecule has 0 aliphatic carbocycles. The van der Waals surface area contributed by atoms with E-state index in [2.05, 4.69) is 5.32 Å². The Morgan fingerprint density at radius 3 is 2.35 bits per heavy atom. The summed E-state index contributed by atoms with van der Waals surface area (Å²) in [5, 5.41) is 3.06. The minimum absolute atomic E-state index is 0.0175. The molecule has 4 rings (SSSR count). The summed E-state index contributed by atoms with van der Waals surface area (Å²) in [6, 6.07) is 15.8. The fraction of sp³-hybridized carbons (Fsp3) is 0.231. The molecule has 0 saturated carbocycles. The molecule has 1 saturated heterocycles. The Balaban J connectivity index is 1.69. The van der Waals surface area contributed by atoms with Gasteiger partial charge in [0.1, 0.15) is 12.1 Å². The van der Waals surface area contributed by atoms with Crippen LogP contribution in [0.15, 0.2) is 66.4 Å². The van der Waals surface area contributed by atoms with Gasteiger partial charge >= 0.3 is 6.03 Å². The van der Waals surface area contributed by atoms with Crippen LogP contribution in [0.25, 0.3) is 17.0 Å². The van der Waals surface area contributed by atoms with E-state index in [1.807, 2.05) is 60.9 Å². The zero-order chi connectivity index (χ0) is 24.2. The van der Waals surface area contributed by atoms with Crippen molar-refractivity contribution in [1.82, 2.24) is 19.7 Å². The number of barbiturate groups is 1. The summed E-state index contributed by atoms with van der Waals surface area (Å²) < 4.78 is 1.82. The second-order valence-electron chi connectivity index (χ2n) is 7.99. The van der Waals surface area contributed by atoms with Gasteiger partial charge in [0, 0.05) is 35.8 Å². The molecular formula is C26H26N4O4. The fourth-order valence-electron chi connectivity index (χ4n) is 4.10. The van der Waals surface area contributed by atoms with Gasteiger partial charge in [0.05, 0.1) is 6.54 Å². The van der Waals surface area contributed by atoms with Crippen LogP contribution < -0.4 is 5.32 Å². The highest BCUT2D eigenvalue weighted by Gasteiger charge is 2.35. The average Bonchev–Trinajstić information content (AvgIpc) is 3.18. The van der Waals surface area contributed by atoms with Crippen molar-refractivity contribution < 1.29 is 19.2 Å². The van der Waals surface area contributed by atoms with E-state index in [4.69, 9.17) is 0 Å². The average molecular weight is 459 g/mol. The standard InChI is InChI=1S/C26H26N4O4/c1-3-28(4-2)23(31)17-29-16-19(20-12-8-9-13-22(20)29)14-21-24(32)27-26(34)30(25(21)33)15-18-10-6-5-7-11-18/h5-14,16H,3-4,15,17H2,1-2H3,(H,27,32,34)/b21-14+. The molecule has 34 heavy (non-hydrogen) atoms. The second kappa shape index (κ2) is 9.74. The largest absolute Gasteiger partial charge is 0.342 e. The van der Waals surface area contributed by atoms with Crippen LogP contribution in [-0.2, 0) is 27.5 Å². The fourth-order valence-corrected chi connectivity index (χ4v) is 4.10. The molecule has 1 aromatic heterocycles. The molecule has 2 aromatic carbocycles. The van der Waals surface area contributed by atoms with Gasteiger partial charge in [-0.05, 0) is 31.6 Å². The summed E-state index contributed by atoms with van der Waals surface area (Å²) >= 11 is 0. The van der Waals surface area contributed by atoms with E-state index >= 15 is 0 Å². The predicted molar refractivity (Wildman–Crippen MR) is 128 cm³/mol. The topological polar surface area (TPSA) is 91.7 Å². The number of likely N-dealkylation sites (N-methyl/N-ethyl adjacent to an activating group) is 1. The van der Waals surface area contributed by atoms with E-state index in [1.165, 1.54) is 6.08 Å². The SMILES string of the molecule is CCN(CC)C(=O)Cn1cc(/C=C2\C(=O)NC(=O)N(Cc3ccccc3)C2=O)c2ccccc21. The molecule has 0 spiro atoms. The molecule has 1 aliphatic heterocycles. The van der Waals surface area contributed by atoms with E-state index < -0.39 is 17.8 Å². The van der Waals surface area contributed by atoms with Gasteiger partial charge in [-0.25, -0.2) is 4.79 Å². The number of rotatable bonds is 7. The molecule has 1 fully saturated rings. The van der Waals surface area contributed by atoms with E-state index in [9.17, 15) is 19.2 Å². The molecule has 0 bridgehead atoms. The number of nitrogens with one attached hydrogen (secondary N) is 1. The van der Waals surface area contributed by atoms with Gasteiger partial charge in [-0.2, -0.15) is 0 Å². The number of carbonyl (C=O) groups excluding carboxylic acids is 4. The Hall–Kier alpha value is -4.20. The number of nitrogens with zero attached hydrogens (tertiary/aromatic N) is 3. The third-order valence-corrected chi connectivity index (χ3v) is 5.91. The minimum Gasteiger partial charge on any atom is -0.342 e. The first-order valence-corrected chi connectivity index (χ1v) is 11.2. The van der Waals surface area contributed by atoms with Gasteiger partial charge in [0.15, 0.2) is 0 Å². The van der Waals surface area contributed by atoms with Gasteiger partial charge in [-0.3, -0.25) is 24.6 Å². The van der Waals surface area contributed by atoms with Gasteiger partial charge < -0.3 is 9.47 Å². The van der Waals surface area contributed by atoms with Crippen LogP contribution in [-0.4, -0.2) is 51.2 Å². The Morgan fingerprint density at radius 2 is 1.65 bits per heavy atom. The molecule has 0 radical (unpaired) electrons. The number of aromatic nitrogens is 1. The third kappa shape index (κ3) is 4.47. The molecule has 2 heterocycles. The molecule has 8 nitrogen and oxygen atoms in total. The molecular weight excluding hydrogens is 432 g/mol. The van der Waals surface area contributed by atoms with Crippen molar-refractivity contribution in [3.05, 3.63) is 77.5 Å². The van der Waals surface area contributed by atoms with E-state index in [0.29, 0.717) is 18.7 Å². The zero-order valence-corrected chi connectivity index (χ0v) is 19.2. The van der Waals surface area contributed by atoms with Crippen LogP contribution in [0.4, 0.5) is 4.79 Å². The maximum atomic E-state index is 13.2. The lowest BCUT2D eigenvalue weighted by atomic mass is 10.1. The van der Waals surface area contributed by atoms with E-state index in [0.717, 1.165) is 21.4 Å². The summed E-state index contributed by atoms with van der Waals surface area (Å²) in [7, 11) is 0. The van der Waals surface area contributed by atoms with Crippen molar-refractivity contribution in [2.45, 2.75) is 26.9 Å². The summed E-state index contributed by atoms with van der Waals surface area (Å²) in [5.74, 6) is -1.42. The summed E-state index contributed by atoms with van der Waals surface area (Å²) in [4.78, 5) is 53.6. The van der Waals surface area contributed by atoms with Crippen molar-refractivity contribution in [1.29, 1.82) is 0 Å². The third-order valence-electron chi connectivity index (χ3n) is 5.91. The van der Waals surface area contributed by atoms with Crippen molar-refractivity contribution in [3.8, 4) is 0 Å². The summed E-state index contributed by atoms with van der Waals surface area (Å²) in [5.41, 5.74) is 2.07. The summed E-state index contributed by atoms with van der Waals surface area (Å²) in [6.45, 7) is 5.29. The number of hydrogen-bond acceptors (Lipinski definition) is 4. The second-order valence-corrected chi connectivity index (χ2v) is 7.99. The number of carbonyl (C=O) groups is 4. The lowest BCUT2D eigenvalue weighted by Crippen LogP contribution is -2.53. The highest BCUT2D eigenvalue weighted by Crippen LogP contribution is 2.25. The minimum atomic E-state index is -0.747. The maximum Gasteiger partial charge on any atom is 0.331 e. The number of hydrogen-bond donors (Lipinski definition) is 1. The van der Waals surface area contributed by atoms with Crippen LogP contribution in [0.2, 0.25) is 0 Å². The molecule has 0 atom stereocenters. The monoisotopic (exact) mass is 458 g/mol. The normalized spacial score (nSPS) is 15.2. The van der Waals surface area contributed by atoms with Crippen molar-refractivity contribution >= 4 is 40.7 Å². The highest BCUT2D eigenvalue weighted by atomic mass is 16.2. The Bertz CT molecular complexity index is 1290. The van der Waals surface area contributed by atoms with Gasteiger partial charge in [0.25, 0.3) is 11.8 Å². The van der Waals surface area contributed by atoms with Crippen LogP contribution in [0.5, 0.6) is 0 Å². The maximum absolute atomic E-state index is 13.2. The molecule has 3 aromatic rings. The first-order chi connectivity index (χ1) is 16.4. The number of amides is 5. The first-order valence-electron chi connectivity index (χ1n) is 11.2. The van der Waals surface area contributed by atoms with Crippen molar-refractivity contribution in [3.63, 3.8) is 0 Å². The first kappa shape index (κ1) is 23.0. The zero-order valence-electron chi connectivity index (χ0n) is 19.2. The van der Waals surface area contributed by atoms with Crippen LogP contribution in [0.3, 0.4) is 0 Å². The van der Waals surface area contributed by atoms with Crippen LogP contribution in [0, 0.1) is 0 Å². The number of benzene rings is 2. The molecule has 5 amide bonds. The molecule has 174 valence electrons. The van der Waals surface area contributed by atoms with E-state index in [-0.39, 0.29) is 24.6 Å². The van der Waals surface area contributed by atoms with Gasteiger partial charge in [-0.1, -0.05) is 48.5 Å². The van der Waals surface area contributed by atoms with Crippen molar-refractivity contribution in [2.75, 3.05) is 13.1 Å². The Labute approximate surface area is 197 Å². The number of urea groups is 1. The smallest absolute Gasteiger partial charge is 0.331 e. The summed E-state index contributed by atoms with van der Waals surface area (Å²) in [6.07, 6.45) is 3.25. The quantitative estimate of drug-likeness (QED) is 0.435. The van der Waals surface area contributed by atoms with Crippen molar-refractivity contribution in [2.24, 2.45) is 0 Å². The van der Waals surface area contributed by atoms with Crippen LogP contribution >= 0.6 is 0 Å².